The lowest BCUT2D eigenvalue weighted by Gasteiger charge is -2.20. The van der Waals surface area contributed by atoms with Gasteiger partial charge in [-0.25, -0.2) is 8.42 Å². The summed E-state index contributed by atoms with van der Waals surface area (Å²) >= 11 is 0. The van der Waals surface area contributed by atoms with E-state index in [0.717, 1.165) is 5.56 Å². The van der Waals surface area contributed by atoms with E-state index in [1.54, 1.807) is 27.8 Å². The fraction of sp³-hybridized carbons (Fsp3) is 0.667. The normalized spacial score (nSPS) is 13.1. The third kappa shape index (κ3) is 1.73. The smallest absolute Gasteiger partial charge is 0.158 e. The summed E-state index contributed by atoms with van der Waals surface area (Å²) < 4.78 is 23.8. The summed E-state index contributed by atoms with van der Waals surface area (Å²) in [4.78, 5) is 0. The molecule has 0 bridgehead atoms. The van der Waals surface area contributed by atoms with E-state index in [1.165, 1.54) is 10.9 Å². The largest absolute Gasteiger partial charge is 0.384 e. The number of aryl methyl sites for hydroxylation is 1. The summed E-state index contributed by atoms with van der Waals surface area (Å²) in [5, 5.41) is 4.16. The third-order valence-electron chi connectivity index (χ3n) is 2.84. The first-order valence-corrected chi connectivity index (χ1v) is 6.47. The van der Waals surface area contributed by atoms with E-state index in [2.05, 4.69) is 5.10 Å². The first-order valence-electron chi connectivity index (χ1n) is 4.58. The number of nitrogen functional groups attached to an aromatic ring is 1. The van der Waals surface area contributed by atoms with E-state index in [-0.39, 0.29) is 0 Å². The molecule has 0 amide bonds. The van der Waals surface area contributed by atoms with Gasteiger partial charge in [-0.15, -0.1) is 0 Å². The molecule has 0 fully saturated rings. The molecule has 1 heterocycles. The summed E-state index contributed by atoms with van der Waals surface area (Å²) in [6, 6.07) is 0. The highest BCUT2D eigenvalue weighted by atomic mass is 32.2. The van der Waals surface area contributed by atoms with E-state index < -0.39 is 14.6 Å². The molecule has 0 saturated heterocycles. The van der Waals surface area contributed by atoms with Crippen LogP contribution in [-0.2, 0) is 21.6 Å². The average Bonchev–Trinajstić information content (AvgIpc) is 2.31. The van der Waals surface area contributed by atoms with Gasteiger partial charge in [-0.2, -0.15) is 5.10 Å². The fourth-order valence-electron chi connectivity index (χ4n) is 1.39. The van der Waals surface area contributed by atoms with Gasteiger partial charge in [-0.3, -0.25) is 4.68 Å². The molecule has 2 N–H and O–H groups in total. The maximum Gasteiger partial charge on any atom is 0.158 e. The Labute approximate surface area is 90.2 Å². The highest BCUT2D eigenvalue weighted by molar-refractivity contribution is 7.91. The zero-order valence-corrected chi connectivity index (χ0v) is 10.5. The van der Waals surface area contributed by atoms with Crippen LogP contribution in [0.25, 0.3) is 0 Å². The summed E-state index contributed by atoms with van der Waals surface area (Å²) in [6.45, 7) is 5.05. The zero-order chi connectivity index (χ0) is 12.0. The molecule has 86 valence electrons. The van der Waals surface area contributed by atoms with Gasteiger partial charge in [-0.1, -0.05) is 0 Å². The molecule has 0 aromatic carbocycles. The lowest BCUT2D eigenvalue weighted by molar-refractivity contribution is 0.551. The van der Waals surface area contributed by atoms with Gasteiger partial charge in [0.1, 0.15) is 10.6 Å². The zero-order valence-electron chi connectivity index (χ0n) is 9.70. The molecule has 0 saturated carbocycles. The molecule has 0 radical (unpaired) electrons. The maximum absolute atomic E-state index is 11.6. The van der Waals surface area contributed by atoms with Crippen molar-refractivity contribution < 1.29 is 8.42 Å². The van der Waals surface area contributed by atoms with Gasteiger partial charge in [0.05, 0.1) is 5.69 Å². The first-order chi connectivity index (χ1) is 6.59. The minimum Gasteiger partial charge on any atom is -0.384 e. The Bertz CT molecular complexity index is 486. The first kappa shape index (κ1) is 12.0. The molecule has 15 heavy (non-hydrogen) atoms. The second-order valence-corrected chi connectivity index (χ2v) is 6.83. The van der Waals surface area contributed by atoms with Crippen LogP contribution in [0.1, 0.15) is 25.1 Å². The molecule has 0 aliphatic rings. The van der Waals surface area contributed by atoms with Crippen molar-refractivity contribution in [2.75, 3.05) is 12.0 Å². The number of hydrogen-bond acceptors (Lipinski definition) is 4. The summed E-state index contributed by atoms with van der Waals surface area (Å²) in [5.74, 6) is 0.502. The predicted octanol–water partition coefficient (Wildman–Crippen LogP) is 0.590. The number of anilines is 1. The highest BCUT2D eigenvalue weighted by Crippen LogP contribution is 2.32. The van der Waals surface area contributed by atoms with Crippen LogP contribution in [0, 0.1) is 6.92 Å². The van der Waals surface area contributed by atoms with E-state index in [9.17, 15) is 8.42 Å². The lowest BCUT2D eigenvalue weighted by Crippen LogP contribution is -2.29. The molecule has 1 aromatic rings. The molecule has 6 heteroatoms. The Hall–Kier alpha value is -1.04. The third-order valence-corrected chi connectivity index (χ3v) is 4.88. The van der Waals surface area contributed by atoms with Crippen LogP contribution in [0.4, 0.5) is 5.82 Å². The van der Waals surface area contributed by atoms with Gasteiger partial charge in [0.15, 0.2) is 9.84 Å². The van der Waals surface area contributed by atoms with Crippen LogP contribution in [0.3, 0.4) is 0 Å². The van der Waals surface area contributed by atoms with Crippen LogP contribution >= 0.6 is 0 Å². The predicted molar refractivity (Wildman–Crippen MR) is 60.2 cm³/mol. The van der Waals surface area contributed by atoms with Crippen molar-refractivity contribution in [2.24, 2.45) is 7.05 Å². The molecule has 0 aliphatic carbocycles. The van der Waals surface area contributed by atoms with Gasteiger partial charge in [-0.05, 0) is 20.8 Å². The molecule has 1 aromatic heterocycles. The van der Waals surface area contributed by atoms with Crippen LogP contribution in [0.2, 0.25) is 0 Å². The minimum absolute atomic E-state index is 0.502. The Kier molecular flexibility index (Phi) is 2.59. The Balaban J connectivity index is 3.47. The second-order valence-electron chi connectivity index (χ2n) is 4.26. The number of nitrogens with zero attached hydrogens (tertiary/aromatic N) is 2. The molecule has 0 aliphatic heterocycles. The van der Waals surface area contributed by atoms with Gasteiger partial charge < -0.3 is 5.73 Å². The van der Waals surface area contributed by atoms with Crippen molar-refractivity contribution in [3.63, 3.8) is 0 Å². The van der Waals surface area contributed by atoms with E-state index in [4.69, 9.17) is 5.73 Å². The van der Waals surface area contributed by atoms with Gasteiger partial charge in [0, 0.05) is 18.9 Å². The number of nitrogens with two attached hydrogens (primary N) is 1. The SMILES string of the molecule is Cc1c(C(C)(C)S(C)(=O)=O)nn(C)c1N. The topological polar surface area (TPSA) is 78.0 Å². The highest BCUT2D eigenvalue weighted by Gasteiger charge is 2.37. The van der Waals surface area contributed by atoms with Gasteiger partial charge >= 0.3 is 0 Å². The lowest BCUT2D eigenvalue weighted by atomic mass is 10.1. The number of sulfone groups is 1. The van der Waals surface area contributed by atoms with Crippen molar-refractivity contribution in [2.45, 2.75) is 25.5 Å². The van der Waals surface area contributed by atoms with Crippen molar-refractivity contribution in [1.82, 2.24) is 9.78 Å². The van der Waals surface area contributed by atoms with Crippen molar-refractivity contribution >= 4 is 15.7 Å². The quantitative estimate of drug-likeness (QED) is 0.808. The summed E-state index contributed by atoms with van der Waals surface area (Å²) in [5.41, 5.74) is 7.00. The Morgan fingerprint density at radius 1 is 1.40 bits per heavy atom. The minimum atomic E-state index is -3.21. The van der Waals surface area contributed by atoms with Gasteiger partial charge in [0.2, 0.25) is 0 Å². The molecule has 0 atom stereocenters. The maximum atomic E-state index is 11.6. The van der Waals surface area contributed by atoms with E-state index >= 15 is 0 Å². The standard InChI is InChI=1S/C9H17N3O2S/c1-6-7(11-12(4)8(6)10)9(2,3)15(5,13)14/h10H2,1-5H3. The average molecular weight is 231 g/mol. The van der Waals surface area contributed by atoms with Gasteiger partial charge in [0.25, 0.3) is 0 Å². The molecule has 1 rings (SSSR count). The molecular weight excluding hydrogens is 214 g/mol. The van der Waals surface area contributed by atoms with Crippen LogP contribution in [0.15, 0.2) is 0 Å². The van der Waals surface area contributed by atoms with Crippen LogP contribution in [-0.4, -0.2) is 24.5 Å². The monoisotopic (exact) mass is 231 g/mol. The van der Waals surface area contributed by atoms with Crippen LogP contribution in [0.5, 0.6) is 0 Å². The second kappa shape index (κ2) is 3.23. The van der Waals surface area contributed by atoms with Crippen molar-refractivity contribution in [3.8, 4) is 0 Å². The number of rotatable bonds is 2. The Morgan fingerprint density at radius 2 is 1.87 bits per heavy atom. The summed E-state index contributed by atoms with van der Waals surface area (Å²) in [6.07, 6.45) is 1.21. The van der Waals surface area contributed by atoms with E-state index in [0.29, 0.717) is 11.5 Å². The summed E-state index contributed by atoms with van der Waals surface area (Å²) in [7, 11) is -1.51. The molecule has 0 unspecified atom stereocenters. The molecule has 0 spiro atoms. The number of aromatic nitrogens is 2. The fourth-order valence-corrected chi connectivity index (χ4v) is 1.94. The molecule has 5 nitrogen and oxygen atoms in total. The Morgan fingerprint density at radius 3 is 2.13 bits per heavy atom. The van der Waals surface area contributed by atoms with Crippen LogP contribution < -0.4 is 5.73 Å². The molecular formula is C9H17N3O2S. The van der Waals surface area contributed by atoms with Crippen molar-refractivity contribution in [3.05, 3.63) is 11.3 Å². The van der Waals surface area contributed by atoms with E-state index in [1.807, 2.05) is 0 Å². The number of hydrogen-bond donors (Lipinski definition) is 1. The van der Waals surface area contributed by atoms with Crippen molar-refractivity contribution in [1.29, 1.82) is 0 Å².